The van der Waals surface area contributed by atoms with E-state index >= 15 is 0 Å². The van der Waals surface area contributed by atoms with Crippen LogP contribution in [0.15, 0.2) is 42.6 Å². The van der Waals surface area contributed by atoms with E-state index in [1.807, 2.05) is 36.4 Å². The van der Waals surface area contributed by atoms with Gasteiger partial charge in [0.05, 0.1) is 5.38 Å². The first kappa shape index (κ1) is 12.3. The van der Waals surface area contributed by atoms with Crippen molar-refractivity contribution in [3.05, 3.63) is 53.9 Å². The zero-order chi connectivity index (χ0) is 13.1. The second-order valence-electron chi connectivity index (χ2n) is 4.36. The lowest BCUT2D eigenvalue weighted by atomic mass is 10.1. The monoisotopic (exact) mass is 275 g/mol. The molecule has 0 bridgehead atoms. The molecule has 0 spiro atoms. The molecule has 2 aromatic rings. The highest BCUT2D eigenvalue weighted by Crippen LogP contribution is 2.40. The van der Waals surface area contributed by atoms with Crippen molar-refractivity contribution < 1.29 is 9.47 Å². The molecule has 0 saturated carbocycles. The van der Waals surface area contributed by atoms with E-state index in [-0.39, 0.29) is 5.38 Å². The molecular weight excluding hydrogens is 262 g/mol. The van der Waals surface area contributed by atoms with Crippen molar-refractivity contribution in [1.82, 2.24) is 4.98 Å². The van der Waals surface area contributed by atoms with Gasteiger partial charge in [0.25, 0.3) is 0 Å². The molecule has 2 heterocycles. The first-order chi connectivity index (χ1) is 9.34. The van der Waals surface area contributed by atoms with Crippen molar-refractivity contribution >= 4 is 11.6 Å². The number of hydrogen-bond donors (Lipinski definition) is 0. The third-order valence-corrected chi connectivity index (χ3v) is 3.44. The highest BCUT2D eigenvalue weighted by molar-refractivity contribution is 6.21. The normalized spacial score (nSPS) is 15.0. The summed E-state index contributed by atoms with van der Waals surface area (Å²) >= 11 is 6.50. The summed E-state index contributed by atoms with van der Waals surface area (Å²) in [5, 5.41) is -0.174. The fourth-order valence-electron chi connectivity index (χ4n) is 2.16. The van der Waals surface area contributed by atoms with Crippen LogP contribution >= 0.6 is 11.6 Å². The zero-order valence-electron chi connectivity index (χ0n) is 10.4. The highest BCUT2D eigenvalue weighted by Gasteiger charge is 2.21. The van der Waals surface area contributed by atoms with Gasteiger partial charge < -0.3 is 9.47 Å². The third kappa shape index (κ3) is 2.66. The van der Waals surface area contributed by atoms with Crippen LogP contribution in [0.25, 0.3) is 0 Å². The Morgan fingerprint density at radius 3 is 2.84 bits per heavy atom. The molecule has 0 saturated heterocycles. The number of halogens is 1. The van der Waals surface area contributed by atoms with Gasteiger partial charge in [0.1, 0.15) is 13.2 Å². The molecule has 3 rings (SSSR count). The summed E-state index contributed by atoms with van der Waals surface area (Å²) in [6.45, 7) is 1.15. The highest BCUT2D eigenvalue weighted by atomic mass is 35.5. The Morgan fingerprint density at radius 1 is 1.11 bits per heavy atom. The standard InChI is InChI=1S/C15H14ClNO2/c16-13(10-11-4-1-2-7-17-11)12-5-3-6-14-15(12)19-9-8-18-14/h1-7,13H,8-10H2. The zero-order valence-corrected chi connectivity index (χ0v) is 11.1. The largest absolute Gasteiger partial charge is 0.486 e. The fraction of sp³-hybridized carbons (Fsp3) is 0.267. The topological polar surface area (TPSA) is 31.4 Å². The van der Waals surface area contributed by atoms with Crippen molar-refractivity contribution in [2.75, 3.05) is 13.2 Å². The molecule has 1 atom stereocenters. The number of pyridine rings is 1. The third-order valence-electron chi connectivity index (χ3n) is 3.05. The van der Waals surface area contributed by atoms with Crippen LogP contribution in [-0.2, 0) is 6.42 Å². The maximum absolute atomic E-state index is 6.50. The number of para-hydroxylation sites is 1. The molecule has 0 aliphatic carbocycles. The molecule has 1 aliphatic rings. The number of benzene rings is 1. The predicted octanol–water partition coefficient (Wildman–Crippen LogP) is 3.38. The number of nitrogens with zero attached hydrogens (tertiary/aromatic N) is 1. The first-order valence-electron chi connectivity index (χ1n) is 6.27. The van der Waals surface area contributed by atoms with E-state index in [1.165, 1.54) is 0 Å². The summed E-state index contributed by atoms with van der Waals surface area (Å²) < 4.78 is 11.2. The van der Waals surface area contributed by atoms with Gasteiger partial charge >= 0.3 is 0 Å². The van der Waals surface area contributed by atoms with Gasteiger partial charge in [-0.25, -0.2) is 0 Å². The van der Waals surface area contributed by atoms with Gasteiger partial charge in [0, 0.05) is 23.9 Å². The fourth-order valence-corrected chi connectivity index (χ4v) is 2.49. The Labute approximate surface area is 117 Å². The average Bonchev–Trinajstić information content (AvgIpc) is 2.47. The molecule has 1 aromatic heterocycles. The van der Waals surface area contributed by atoms with E-state index in [9.17, 15) is 0 Å². The summed E-state index contributed by atoms with van der Waals surface area (Å²) in [4.78, 5) is 4.30. The van der Waals surface area contributed by atoms with Crippen LogP contribution in [0.2, 0.25) is 0 Å². The molecule has 0 radical (unpaired) electrons. The molecule has 4 heteroatoms. The summed E-state index contributed by atoms with van der Waals surface area (Å²) in [5.41, 5.74) is 1.93. The van der Waals surface area contributed by atoms with E-state index in [0.717, 1.165) is 22.8 Å². The summed E-state index contributed by atoms with van der Waals surface area (Å²) in [5.74, 6) is 1.54. The Hall–Kier alpha value is -1.74. The quantitative estimate of drug-likeness (QED) is 0.805. The van der Waals surface area contributed by atoms with E-state index in [0.29, 0.717) is 19.6 Å². The lowest BCUT2D eigenvalue weighted by Crippen LogP contribution is -2.17. The minimum atomic E-state index is -0.174. The van der Waals surface area contributed by atoms with Gasteiger partial charge in [-0.1, -0.05) is 18.2 Å². The van der Waals surface area contributed by atoms with Crippen LogP contribution in [0.5, 0.6) is 11.5 Å². The average molecular weight is 276 g/mol. The van der Waals surface area contributed by atoms with Crippen LogP contribution in [-0.4, -0.2) is 18.2 Å². The van der Waals surface area contributed by atoms with E-state index < -0.39 is 0 Å². The van der Waals surface area contributed by atoms with Crippen LogP contribution in [0.1, 0.15) is 16.6 Å². The van der Waals surface area contributed by atoms with Gasteiger partial charge in [0.15, 0.2) is 11.5 Å². The maximum Gasteiger partial charge on any atom is 0.166 e. The number of alkyl halides is 1. The van der Waals surface area contributed by atoms with E-state index in [1.54, 1.807) is 6.20 Å². The Kier molecular flexibility index (Phi) is 3.56. The number of aromatic nitrogens is 1. The van der Waals surface area contributed by atoms with Crippen LogP contribution in [0.4, 0.5) is 0 Å². The number of rotatable bonds is 3. The maximum atomic E-state index is 6.50. The predicted molar refractivity (Wildman–Crippen MR) is 74.0 cm³/mol. The lowest BCUT2D eigenvalue weighted by Gasteiger charge is -2.22. The van der Waals surface area contributed by atoms with Crippen molar-refractivity contribution in [3.63, 3.8) is 0 Å². The molecule has 0 N–H and O–H groups in total. The Bertz CT molecular complexity index is 559. The Balaban J connectivity index is 1.86. The summed E-state index contributed by atoms with van der Waals surface area (Å²) in [6, 6.07) is 11.7. The molecule has 0 amide bonds. The van der Waals surface area contributed by atoms with Crippen LogP contribution in [0, 0.1) is 0 Å². The smallest absolute Gasteiger partial charge is 0.166 e. The molecular formula is C15H14ClNO2. The molecule has 1 aromatic carbocycles. The summed E-state index contributed by atoms with van der Waals surface area (Å²) in [6.07, 6.45) is 2.45. The number of fused-ring (bicyclic) bond motifs is 1. The van der Waals surface area contributed by atoms with Crippen LogP contribution < -0.4 is 9.47 Å². The minimum Gasteiger partial charge on any atom is -0.486 e. The minimum absolute atomic E-state index is 0.174. The summed E-state index contributed by atoms with van der Waals surface area (Å²) in [7, 11) is 0. The van der Waals surface area contributed by atoms with Crippen molar-refractivity contribution in [2.45, 2.75) is 11.8 Å². The molecule has 19 heavy (non-hydrogen) atoms. The van der Waals surface area contributed by atoms with Gasteiger partial charge in [-0.15, -0.1) is 11.6 Å². The molecule has 1 unspecified atom stereocenters. The van der Waals surface area contributed by atoms with Gasteiger partial charge in [-0.2, -0.15) is 0 Å². The van der Waals surface area contributed by atoms with Crippen molar-refractivity contribution in [2.24, 2.45) is 0 Å². The molecule has 0 fully saturated rings. The number of ether oxygens (including phenoxy) is 2. The van der Waals surface area contributed by atoms with E-state index in [2.05, 4.69) is 4.98 Å². The Morgan fingerprint density at radius 2 is 2.00 bits per heavy atom. The van der Waals surface area contributed by atoms with Crippen molar-refractivity contribution in [1.29, 1.82) is 0 Å². The van der Waals surface area contributed by atoms with Crippen molar-refractivity contribution in [3.8, 4) is 11.5 Å². The second kappa shape index (κ2) is 5.49. The van der Waals surface area contributed by atoms with Gasteiger partial charge in [-0.3, -0.25) is 4.98 Å². The second-order valence-corrected chi connectivity index (χ2v) is 4.89. The molecule has 1 aliphatic heterocycles. The van der Waals surface area contributed by atoms with E-state index in [4.69, 9.17) is 21.1 Å². The molecule has 3 nitrogen and oxygen atoms in total. The number of hydrogen-bond acceptors (Lipinski definition) is 3. The lowest BCUT2D eigenvalue weighted by molar-refractivity contribution is 0.170. The molecule has 98 valence electrons. The van der Waals surface area contributed by atoms with Crippen LogP contribution in [0.3, 0.4) is 0 Å². The van der Waals surface area contributed by atoms with Gasteiger partial charge in [-0.05, 0) is 18.2 Å². The SMILES string of the molecule is ClC(Cc1ccccn1)c1cccc2c1OCCO2. The first-order valence-corrected chi connectivity index (χ1v) is 6.71. The van der Waals surface area contributed by atoms with Gasteiger partial charge in [0.2, 0.25) is 0 Å².